The van der Waals surface area contributed by atoms with Crippen LogP contribution in [0.25, 0.3) is 0 Å². The molecule has 1 N–H and O–H groups in total. The van der Waals surface area contributed by atoms with Crippen LogP contribution < -0.4 is 10.1 Å². The Balaban J connectivity index is 1.53. The van der Waals surface area contributed by atoms with E-state index in [9.17, 15) is 0 Å². The van der Waals surface area contributed by atoms with E-state index < -0.39 is 0 Å². The van der Waals surface area contributed by atoms with Crippen molar-refractivity contribution in [3.05, 3.63) is 29.8 Å². The van der Waals surface area contributed by atoms with Gasteiger partial charge < -0.3 is 10.1 Å². The molecule has 0 radical (unpaired) electrons. The molecule has 1 saturated carbocycles. The second-order valence-corrected chi connectivity index (χ2v) is 5.38. The van der Waals surface area contributed by atoms with E-state index in [1.165, 1.54) is 31.2 Å². The molecule has 0 amide bonds. The van der Waals surface area contributed by atoms with Crippen LogP contribution in [0, 0.1) is 5.92 Å². The maximum absolute atomic E-state index is 5.81. The summed E-state index contributed by atoms with van der Waals surface area (Å²) in [5.74, 6) is 1.73. The topological polar surface area (TPSA) is 21.3 Å². The summed E-state index contributed by atoms with van der Waals surface area (Å²) >= 11 is 0. The first-order chi connectivity index (χ1) is 8.42. The van der Waals surface area contributed by atoms with Crippen LogP contribution >= 0.6 is 0 Å². The van der Waals surface area contributed by atoms with E-state index in [-0.39, 0.29) is 0 Å². The fraction of sp³-hybridized carbons (Fsp3) is 0.600. The molecule has 1 aliphatic carbocycles. The van der Waals surface area contributed by atoms with E-state index in [1.54, 1.807) is 0 Å². The standard InChI is InChI=1S/C15H21NO/c1-4-8-15-13(5-1)9-12(11-17-15)10-16-14-6-2-3-7-14/h1,4-5,8,12,14,16H,2-3,6-7,9-11H2. The van der Waals surface area contributed by atoms with E-state index in [2.05, 4.69) is 29.6 Å². The van der Waals surface area contributed by atoms with Gasteiger partial charge in [0, 0.05) is 18.5 Å². The average Bonchev–Trinajstić information content (AvgIpc) is 2.89. The second kappa shape index (κ2) is 5.09. The molecule has 0 spiro atoms. The number of hydrogen-bond donors (Lipinski definition) is 1. The van der Waals surface area contributed by atoms with Crippen LogP contribution in [0.3, 0.4) is 0 Å². The van der Waals surface area contributed by atoms with Crippen LogP contribution in [0.4, 0.5) is 0 Å². The number of nitrogens with one attached hydrogen (secondary N) is 1. The molecule has 2 nitrogen and oxygen atoms in total. The lowest BCUT2D eigenvalue weighted by Gasteiger charge is -2.26. The fourth-order valence-electron chi connectivity index (χ4n) is 2.99. The van der Waals surface area contributed by atoms with Crippen molar-refractivity contribution in [2.75, 3.05) is 13.2 Å². The van der Waals surface area contributed by atoms with Gasteiger partial charge in [-0.25, -0.2) is 0 Å². The quantitative estimate of drug-likeness (QED) is 0.863. The number of ether oxygens (including phenoxy) is 1. The van der Waals surface area contributed by atoms with Crippen molar-refractivity contribution >= 4 is 0 Å². The van der Waals surface area contributed by atoms with Crippen LogP contribution in [0.15, 0.2) is 24.3 Å². The maximum Gasteiger partial charge on any atom is 0.122 e. The number of hydrogen-bond acceptors (Lipinski definition) is 2. The zero-order chi connectivity index (χ0) is 11.5. The van der Waals surface area contributed by atoms with E-state index in [1.807, 2.05) is 0 Å². The Morgan fingerprint density at radius 1 is 1.18 bits per heavy atom. The lowest BCUT2D eigenvalue weighted by molar-refractivity contribution is 0.214. The van der Waals surface area contributed by atoms with Crippen LogP contribution in [-0.2, 0) is 6.42 Å². The Bertz CT molecular complexity index is 371. The van der Waals surface area contributed by atoms with Crippen molar-refractivity contribution in [2.45, 2.75) is 38.1 Å². The Labute approximate surface area is 103 Å². The molecule has 1 heterocycles. The van der Waals surface area contributed by atoms with Crippen molar-refractivity contribution in [1.29, 1.82) is 0 Å². The predicted molar refractivity (Wildman–Crippen MR) is 69.4 cm³/mol. The van der Waals surface area contributed by atoms with Crippen molar-refractivity contribution in [3.63, 3.8) is 0 Å². The third-order valence-corrected chi connectivity index (χ3v) is 4.01. The van der Waals surface area contributed by atoms with Crippen LogP contribution in [0.5, 0.6) is 5.75 Å². The molecular weight excluding hydrogens is 210 g/mol. The van der Waals surface area contributed by atoms with Gasteiger partial charge in [0.1, 0.15) is 5.75 Å². The molecule has 3 rings (SSSR count). The molecule has 92 valence electrons. The Morgan fingerprint density at radius 2 is 2.00 bits per heavy atom. The van der Waals surface area contributed by atoms with Crippen molar-refractivity contribution in [3.8, 4) is 5.75 Å². The largest absolute Gasteiger partial charge is 0.493 e. The summed E-state index contributed by atoms with van der Waals surface area (Å²) < 4.78 is 5.81. The van der Waals surface area contributed by atoms with Gasteiger partial charge in [-0.15, -0.1) is 0 Å². The minimum absolute atomic E-state index is 0.644. The molecule has 1 atom stereocenters. The molecule has 1 unspecified atom stereocenters. The zero-order valence-electron chi connectivity index (χ0n) is 10.3. The number of benzene rings is 1. The summed E-state index contributed by atoms with van der Waals surface area (Å²) in [6.45, 7) is 1.98. The third kappa shape index (κ3) is 2.63. The van der Waals surface area contributed by atoms with Gasteiger partial charge in [0.15, 0.2) is 0 Å². The first-order valence-electron chi connectivity index (χ1n) is 6.86. The highest BCUT2D eigenvalue weighted by atomic mass is 16.5. The fourth-order valence-corrected chi connectivity index (χ4v) is 2.99. The number of para-hydroxylation sites is 1. The Morgan fingerprint density at radius 3 is 2.88 bits per heavy atom. The molecule has 2 aliphatic rings. The highest BCUT2D eigenvalue weighted by molar-refractivity contribution is 5.35. The van der Waals surface area contributed by atoms with Gasteiger partial charge in [0.25, 0.3) is 0 Å². The van der Waals surface area contributed by atoms with E-state index in [4.69, 9.17) is 4.74 Å². The Kier molecular flexibility index (Phi) is 3.32. The molecule has 17 heavy (non-hydrogen) atoms. The molecule has 1 aromatic rings. The van der Waals surface area contributed by atoms with E-state index in [0.717, 1.165) is 31.4 Å². The summed E-state index contributed by atoms with van der Waals surface area (Å²) in [4.78, 5) is 0. The first-order valence-corrected chi connectivity index (χ1v) is 6.86. The third-order valence-electron chi connectivity index (χ3n) is 4.01. The average molecular weight is 231 g/mol. The number of rotatable bonds is 3. The molecule has 1 aliphatic heterocycles. The summed E-state index contributed by atoms with van der Waals surface area (Å²) in [5, 5.41) is 3.70. The lowest BCUT2D eigenvalue weighted by Crippen LogP contribution is -2.36. The first kappa shape index (κ1) is 11.1. The molecule has 1 fully saturated rings. The summed E-state index contributed by atoms with van der Waals surface area (Å²) in [7, 11) is 0. The smallest absolute Gasteiger partial charge is 0.122 e. The van der Waals surface area contributed by atoms with Crippen LogP contribution in [-0.4, -0.2) is 19.2 Å². The lowest BCUT2D eigenvalue weighted by atomic mass is 9.96. The molecule has 1 aromatic carbocycles. The van der Waals surface area contributed by atoms with Gasteiger partial charge >= 0.3 is 0 Å². The molecular formula is C15H21NO. The highest BCUT2D eigenvalue weighted by Gasteiger charge is 2.21. The summed E-state index contributed by atoms with van der Waals surface area (Å²) in [6.07, 6.45) is 6.70. The van der Waals surface area contributed by atoms with Gasteiger partial charge in [-0.1, -0.05) is 31.0 Å². The normalized spacial score (nSPS) is 24.4. The van der Waals surface area contributed by atoms with Crippen LogP contribution in [0.1, 0.15) is 31.2 Å². The SMILES string of the molecule is c1ccc2c(c1)CC(CNC1CCCC1)CO2. The van der Waals surface area contributed by atoms with Gasteiger partial charge in [-0.05, 0) is 30.9 Å². The minimum Gasteiger partial charge on any atom is -0.493 e. The summed E-state index contributed by atoms with van der Waals surface area (Å²) in [6, 6.07) is 9.20. The van der Waals surface area contributed by atoms with Gasteiger partial charge in [-0.2, -0.15) is 0 Å². The molecule has 2 heteroatoms. The number of fused-ring (bicyclic) bond motifs is 1. The minimum atomic E-state index is 0.644. The van der Waals surface area contributed by atoms with E-state index in [0.29, 0.717) is 5.92 Å². The van der Waals surface area contributed by atoms with Crippen molar-refractivity contribution in [1.82, 2.24) is 5.32 Å². The van der Waals surface area contributed by atoms with Gasteiger partial charge in [-0.3, -0.25) is 0 Å². The zero-order valence-corrected chi connectivity index (χ0v) is 10.3. The van der Waals surface area contributed by atoms with Gasteiger partial charge in [0.2, 0.25) is 0 Å². The van der Waals surface area contributed by atoms with Crippen molar-refractivity contribution in [2.24, 2.45) is 5.92 Å². The molecule has 0 aromatic heterocycles. The van der Waals surface area contributed by atoms with Crippen molar-refractivity contribution < 1.29 is 4.74 Å². The van der Waals surface area contributed by atoms with Crippen LogP contribution in [0.2, 0.25) is 0 Å². The maximum atomic E-state index is 5.81. The predicted octanol–water partition coefficient (Wildman–Crippen LogP) is 2.77. The molecule has 0 bridgehead atoms. The van der Waals surface area contributed by atoms with E-state index >= 15 is 0 Å². The second-order valence-electron chi connectivity index (χ2n) is 5.38. The molecule has 0 saturated heterocycles. The monoisotopic (exact) mass is 231 g/mol. The van der Waals surface area contributed by atoms with Gasteiger partial charge in [0.05, 0.1) is 6.61 Å². The summed E-state index contributed by atoms with van der Waals surface area (Å²) in [5.41, 5.74) is 1.37. The highest BCUT2D eigenvalue weighted by Crippen LogP contribution is 2.27. The Hall–Kier alpha value is -1.02.